The van der Waals surface area contributed by atoms with Crippen LogP contribution in [0.25, 0.3) is 10.9 Å². The van der Waals surface area contributed by atoms with Crippen molar-refractivity contribution in [3.8, 4) is 0 Å². The molecule has 4 aromatic rings. The van der Waals surface area contributed by atoms with Gasteiger partial charge in [-0.25, -0.2) is 0 Å². The number of aromatic amines is 1. The molecule has 5 nitrogen and oxygen atoms in total. The van der Waals surface area contributed by atoms with Crippen LogP contribution >= 0.6 is 15.9 Å². The summed E-state index contributed by atoms with van der Waals surface area (Å²) in [7, 11) is -4.11. The Kier molecular flexibility index (Phi) is 5.40. The highest BCUT2D eigenvalue weighted by molar-refractivity contribution is 9.10. The van der Waals surface area contributed by atoms with Gasteiger partial charge in [0.05, 0.1) is 4.90 Å². The Bertz CT molecular complexity index is 1370. The number of hydrogen-bond acceptors (Lipinski definition) is 3. The number of nitrogens with zero attached hydrogens (tertiary/aromatic N) is 1. The summed E-state index contributed by atoms with van der Waals surface area (Å²) in [6.07, 6.45) is 0. The highest BCUT2D eigenvalue weighted by Crippen LogP contribution is 2.26. The molecule has 0 amide bonds. The molecule has 0 unspecified atom stereocenters. The molecule has 0 fully saturated rings. The number of H-pyrrole nitrogens is 1. The molecule has 0 bridgehead atoms. The molecule has 3 aromatic carbocycles. The van der Waals surface area contributed by atoms with Crippen molar-refractivity contribution >= 4 is 48.4 Å². The summed E-state index contributed by atoms with van der Waals surface area (Å²) in [5, 5.41) is 0.740. The zero-order valence-electron chi connectivity index (χ0n) is 16.0. The van der Waals surface area contributed by atoms with Gasteiger partial charge in [0, 0.05) is 32.2 Å². The molecule has 0 aliphatic heterocycles. The van der Waals surface area contributed by atoms with Crippen LogP contribution in [-0.4, -0.2) is 24.9 Å². The van der Waals surface area contributed by atoms with Gasteiger partial charge in [-0.3, -0.25) is 4.79 Å². The van der Waals surface area contributed by atoms with E-state index in [1.165, 1.54) is 12.1 Å². The number of halogens is 1. The predicted molar refractivity (Wildman–Crippen MR) is 122 cm³/mol. The average molecular weight is 481 g/mol. The van der Waals surface area contributed by atoms with Gasteiger partial charge >= 0.3 is 0 Å². The van der Waals surface area contributed by atoms with E-state index < -0.39 is 15.8 Å². The second-order valence-electron chi connectivity index (χ2n) is 6.73. The Labute approximate surface area is 182 Å². The topological polar surface area (TPSA) is 79.4 Å². The Hall–Kier alpha value is -3.03. The van der Waals surface area contributed by atoms with E-state index in [-0.39, 0.29) is 10.6 Å². The van der Waals surface area contributed by atoms with Crippen LogP contribution in [0.5, 0.6) is 0 Å². The minimum atomic E-state index is -4.11. The summed E-state index contributed by atoms with van der Waals surface area (Å²) in [5.41, 5.74) is 2.22. The Morgan fingerprint density at radius 2 is 1.53 bits per heavy atom. The first-order valence-electron chi connectivity index (χ1n) is 9.15. The molecule has 150 valence electrons. The van der Waals surface area contributed by atoms with Crippen LogP contribution in [0.4, 0.5) is 0 Å². The van der Waals surface area contributed by atoms with Gasteiger partial charge in [-0.05, 0) is 37.3 Å². The Balaban J connectivity index is 1.96. The lowest BCUT2D eigenvalue weighted by Gasteiger charge is -2.08. The quantitative estimate of drug-likeness (QED) is 0.310. The molecule has 0 saturated heterocycles. The normalized spacial score (nSPS) is 12.3. The number of benzene rings is 3. The fourth-order valence-electron chi connectivity index (χ4n) is 3.29. The fourth-order valence-corrected chi connectivity index (χ4v) is 4.55. The highest BCUT2D eigenvalue weighted by atomic mass is 79.9. The third-order valence-electron chi connectivity index (χ3n) is 4.70. The number of sulfonamides is 1. The third-order valence-corrected chi connectivity index (χ3v) is 6.52. The second-order valence-corrected chi connectivity index (χ2v) is 9.25. The second kappa shape index (κ2) is 8.01. The van der Waals surface area contributed by atoms with E-state index in [1.54, 1.807) is 49.4 Å². The number of carbonyl (C=O) groups excluding carboxylic acids is 1. The minimum Gasteiger partial charge on any atom is -0.358 e. The summed E-state index contributed by atoms with van der Waals surface area (Å²) >= 11 is 3.30. The van der Waals surface area contributed by atoms with Gasteiger partial charge in [0.2, 0.25) is 5.78 Å². The summed E-state index contributed by atoms with van der Waals surface area (Å²) < 4.78 is 30.9. The van der Waals surface area contributed by atoms with Crippen molar-refractivity contribution in [2.24, 2.45) is 4.40 Å². The largest absolute Gasteiger partial charge is 0.358 e. The van der Waals surface area contributed by atoms with E-state index in [4.69, 9.17) is 0 Å². The standard InChI is InChI=1S/C23H17BrN2O3S/c1-15-21(19-9-5-6-10-20(19)25-15)22(23(27)16-7-3-2-4-8-16)26-30(28,29)18-13-11-17(24)12-14-18/h2-14,25H,1H3/b26-22+. The number of para-hydroxylation sites is 1. The summed E-state index contributed by atoms with van der Waals surface area (Å²) in [4.78, 5) is 16.6. The van der Waals surface area contributed by atoms with Crippen LogP contribution in [-0.2, 0) is 10.0 Å². The predicted octanol–water partition coefficient (Wildman–Crippen LogP) is 5.30. The molecule has 0 spiro atoms. The van der Waals surface area contributed by atoms with Gasteiger partial charge < -0.3 is 4.98 Å². The molecular formula is C23H17BrN2O3S. The molecular weight excluding hydrogens is 464 g/mol. The number of ketones is 1. The van der Waals surface area contributed by atoms with Crippen molar-refractivity contribution in [3.05, 3.63) is 100 Å². The van der Waals surface area contributed by atoms with Crippen molar-refractivity contribution in [3.63, 3.8) is 0 Å². The van der Waals surface area contributed by atoms with Gasteiger partial charge in [-0.1, -0.05) is 64.5 Å². The molecule has 1 N–H and O–H groups in total. The molecule has 7 heteroatoms. The summed E-state index contributed by atoms with van der Waals surface area (Å²) in [6, 6.07) is 22.1. The van der Waals surface area contributed by atoms with E-state index in [2.05, 4.69) is 25.3 Å². The number of rotatable bonds is 5. The lowest BCUT2D eigenvalue weighted by molar-refractivity contribution is 0.106. The van der Waals surface area contributed by atoms with Crippen LogP contribution in [0.15, 0.2) is 92.6 Å². The molecule has 0 aliphatic carbocycles. The zero-order valence-corrected chi connectivity index (χ0v) is 18.4. The smallest absolute Gasteiger partial charge is 0.283 e. The van der Waals surface area contributed by atoms with Gasteiger partial charge in [0.15, 0.2) is 0 Å². The Morgan fingerprint density at radius 3 is 2.23 bits per heavy atom. The Morgan fingerprint density at radius 1 is 0.900 bits per heavy atom. The number of Topliss-reactive ketones (excluding diaryl/α,β-unsaturated/α-hetero) is 1. The summed E-state index contributed by atoms with van der Waals surface area (Å²) in [6.45, 7) is 1.80. The maximum absolute atomic E-state index is 13.4. The van der Waals surface area contributed by atoms with E-state index in [0.29, 0.717) is 16.8 Å². The maximum atomic E-state index is 13.4. The van der Waals surface area contributed by atoms with Crippen molar-refractivity contribution in [2.75, 3.05) is 0 Å². The fraction of sp³-hybridized carbons (Fsp3) is 0.0435. The first kappa shape index (κ1) is 20.3. The number of carbonyl (C=O) groups is 1. The van der Waals surface area contributed by atoms with E-state index in [0.717, 1.165) is 15.4 Å². The highest BCUT2D eigenvalue weighted by Gasteiger charge is 2.25. The maximum Gasteiger partial charge on any atom is 0.283 e. The molecule has 0 radical (unpaired) electrons. The van der Waals surface area contributed by atoms with Crippen molar-refractivity contribution in [2.45, 2.75) is 11.8 Å². The third kappa shape index (κ3) is 3.86. The van der Waals surface area contributed by atoms with Crippen LogP contribution in [0.3, 0.4) is 0 Å². The van der Waals surface area contributed by atoms with Crippen LogP contribution in [0, 0.1) is 6.92 Å². The van der Waals surface area contributed by atoms with Gasteiger partial charge in [0.1, 0.15) is 5.71 Å². The van der Waals surface area contributed by atoms with Crippen LogP contribution in [0.1, 0.15) is 21.6 Å². The van der Waals surface area contributed by atoms with Gasteiger partial charge in [-0.15, -0.1) is 0 Å². The van der Waals surface area contributed by atoms with Crippen LogP contribution < -0.4 is 0 Å². The first-order valence-corrected chi connectivity index (χ1v) is 11.4. The van der Waals surface area contributed by atoms with Crippen molar-refractivity contribution < 1.29 is 13.2 Å². The van der Waals surface area contributed by atoms with Gasteiger partial charge in [0.25, 0.3) is 10.0 Å². The van der Waals surface area contributed by atoms with Crippen LogP contribution in [0.2, 0.25) is 0 Å². The molecule has 0 atom stereocenters. The van der Waals surface area contributed by atoms with Gasteiger partial charge in [-0.2, -0.15) is 12.8 Å². The van der Waals surface area contributed by atoms with Crippen molar-refractivity contribution in [1.29, 1.82) is 0 Å². The molecule has 1 heterocycles. The zero-order chi connectivity index (χ0) is 21.3. The number of aryl methyl sites for hydroxylation is 1. The average Bonchev–Trinajstić information content (AvgIpc) is 3.08. The molecule has 1 aromatic heterocycles. The molecule has 0 saturated carbocycles. The minimum absolute atomic E-state index is 0.0153. The van der Waals surface area contributed by atoms with Crippen molar-refractivity contribution in [1.82, 2.24) is 4.98 Å². The number of aromatic nitrogens is 1. The summed E-state index contributed by atoms with van der Waals surface area (Å²) in [5.74, 6) is -0.455. The van der Waals surface area contributed by atoms with E-state index >= 15 is 0 Å². The molecule has 0 aliphatic rings. The molecule has 30 heavy (non-hydrogen) atoms. The monoisotopic (exact) mass is 480 g/mol. The first-order chi connectivity index (χ1) is 14.4. The number of fused-ring (bicyclic) bond motifs is 1. The molecule has 4 rings (SSSR count). The van der Waals surface area contributed by atoms with E-state index in [1.807, 2.05) is 24.3 Å². The lowest BCUT2D eigenvalue weighted by atomic mass is 9.98. The number of nitrogens with one attached hydrogen (secondary N) is 1. The number of hydrogen-bond donors (Lipinski definition) is 1. The lowest BCUT2D eigenvalue weighted by Crippen LogP contribution is -2.19. The SMILES string of the molecule is Cc1[nH]c2ccccc2c1/C(=N\S(=O)(=O)c1ccc(Br)cc1)C(=O)c1ccccc1. The van der Waals surface area contributed by atoms with E-state index in [9.17, 15) is 13.2 Å².